The summed E-state index contributed by atoms with van der Waals surface area (Å²) in [5.74, 6) is -0.703. The van der Waals surface area contributed by atoms with E-state index in [4.69, 9.17) is 72.4 Å². The van der Waals surface area contributed by atoms with Crippen LogP contribution >= 0.6 is 46.4 Å². The lowest BCUT2D eigenvalue weighted by atomic mass is 10.1. The Balaban J connectivity index is 0.000000220. The molecule has 0 radical (unpaired) electrons. The van der Waals surface area contributed by atoms with Crippen LogP contribution < -0.4 is 36.5 Å². The number of rotatable bonds is 12. The van der Waals surface area contributed by atoms with E-state index in [2.05, 4.69) is 31.2 Å². The van der Waals surface area contributed by atoms with Crippen molar-refractivity contribution in [1.82, 2.24) is 14.9 Å². The highest BCUT2D eigenvalue weighted by atomic mass is 35.5. The van der Waals surface area contributed by atoms with Crippen LogP contribution in [0.5, 0.6) is 11.5 Å². The number of hydrogen-bond acceptors (Lipinski definition) is 10. The van der Waals surface area contributed by atoms with E-state index in [0.29, 0.717) is 32.6 Å². The second-order valence-electron chi connectivity index (χ2n) is 14.2. The predicted octanol–water partition coefficient (Wildman–Crippen LogP) is 9.51. The van der Waals surface area contributed by atoms with Crippen LogP contribution in [0.2, 0.25) is 20.1 Å². The standard InChI is InChI=1S/C25H23Cl2N5O3.C21H17Cl2N5O3/c1-35-20-13-18(27)12-19(25(34)30-21-9-8-17(26)14-29-21)22(20)31-24(33)16-6-4-15(5-7-16)23(28)32-10-2-3-11-32;1-31-16-9-14(23)8-15(21(30)27-17-7-6-13(22)10-26-17)18(16)28-20(29)12-4-2-11(3-5-12)19(24)25/h4-9,12-14,28H,2-3,10-11H2,1H3,(H,31,33)(H,29,30,34);2-10H,1H3,(H3,24,25)(H,28,29)(H,26,27,30). The number of ether oxygens (including phenoxy) is 2. The number of amidine groups is 2. The van der Waals surface area contributed by atoms with Gasteiger partial charge >= 0.3 is 0 Å². The van der Waals surface area contributed by atoms with Crippen LogP contribution in [0.1, 0.15) is 65.4 Å². The van der Waals surface area contributed by atoms with Crippen molar-refractivity contribution >= 4 is 105 Å². The first-order chi connectivity index (χ1) is 31.6. The maximum absolute atomic E-state index is 13.1. The molecule has 2 aromatic heterocycles. The largest absolute Gasteiger partial charge is 0.494 e. The molecule has 1 aliphatic heterocycles. The Morgan fingerprint density at radius 3 is 1.30 bits per heavy atom. The van der Waals surface area contributed by atoms with Gasteiger partial charge in [-0.05, 0) is 73.5 Å². The van der Waals surface area contributed by atoms with Gasteiger partial charge in [0, 0.05) is 69.9 Å². The number of anilines is 4. The monoisotopic (exact) mass is 968 g/mol. The summed E-state index contributed by atoms with van der Waals surface area (Å²) in [6.07, 6.45) is 4.96. The lowest BCUT2D eigenvalue weighted by Crippen LogP contribution is -2.27. The van der Waals surface area contributed by atoms with Gasteiger partial charge in [-0.3, -0.25) is 30.0 Å². The fourth-order valence-corrected chi connectivity index (χ4v) is 7.08. The number of methoxy groups -OCH3 is 2. The maximum Gasteiger partial charge on any atom is 0.259 e. The van der Waals surface area contributed by atoms with E-state index in [-0.39, 0.29) is 61.5 Å². The molecule has 66 heavy (non-hydrogen) atoms. The molecule has 0 unspecified atom stereocenters. The molecule has 7 rings (SSSR count). The minimum Gasteiger partial charge on any atom is -0.494 e. The summed E-state index contributed by atoms with van der Waals surface area (Å²) < 4.78 is 10.7. The molecule has 0 aliphatic carbocycles. The van der Waals surface area contributed by atoms with Crippen LogP contribution in [0.15, 0.2) is 109 Å². The SMILES string of the molecule is COc1cc(Cl)cc(C(=O)Nc2ccc(Cl)cn2)c1NC(=O)c1ccc(C(=N)N)cc1.COc1cc(Cl)cc(C(=O)Nc2ccc(Cl)cn2)c1NC(=O)c1ccc(C(=N)N2CCCC2)cc1. The summed E-state index contributed by atoms with van der Waals surface area (Å²) in [6.45, 7) is 1.74. The molecular formula is C46H40Cl4N10O6. The topological polar surface area (TPSA) is 238 Å². The molecule has 6 aromatic rings. The summed E-state index contributed by atoms with van der Waals surface area (Å²) in [4.78, 5) is 61.9. The molecule has 0 bridgehead atoms. The van der Waals surface area contributed by atoms with Crippen molar-refractivity contribution in [2.75, 3.05) is 48.6 Å². The molecule has 338 valence electrons. The Kier molecular flexibility index (Phi) is 16.1. The average molecular weight is 971 g/mol. The van der Waals surface area contributed by atoms with E-state index in [1.54, 1.807) is 54.6 Å². The van der Waals surface area contributed by atoms with Crippen molar-refractivity contribution in [2.24, 2.45) is 5.73 Å². The first kappa shape index (κ1) is 48.2. The van der Waals surface area contributed by atoms with Crippen molar-refractivity contribution in [3.05, 3.63) is 163 Å². The van der Waals surface area contributed by atoms with Gasteiger partial charge in [0.05, 0.1) is 46.8 Å². The van der Waals surface area contributed by atoms with E-state index in [1.165, 1.54) is 69.1 Å². The number of carbonyl (C=O) groups excluding carboxylic acids is 4. The molecule has 1 aliphatic rings. The number of nitrogen functional groups attached to an aromatic ring is 1. The molecule has 20 heteroatoms. The lowest BCUT2D eigenvalue weighted by Gasteiger charge is -2.19. The van der Waals surface area contributed by atoms with Crippen LogP contribution in [0, 0.1) is 10.8 Å². The van der Waals surface area contributed by atoms with E-state index in [0.717, 1.165) is 31.5 Å². The van der Waals surface area contributed by atoms with Crippen molar-refractivity contribution in [2.45, 2.75) is 12.8 Å². The molecular weight excluding hydrogens is 930 g/mol. The number of benzene rings is 4. The molecule has 0 spiro atoms. The molecule has 8 N–H and O–H groups in total. The number of nitrogens with zero attached hydrogens (tertiary/aromatic N) is 3. The van der Waals surface area contributed by atoms with Gasteiger partial charge in [0.1, 0.15) is 34.8 Å². The van der Waals surface area contributed by atoms with Crippen LogP contribution in [-0.4, -0.2) is 77.5 Å². The first-order valence-corrected chi connectivity index (χ1v) is 21.3. The Morgan fingerprint density at radius 2 is 0.939 bits per heavy atom. The summed E-state index contributed by atoms with van der Waals surface area (Å²) in [5, 5.41) is 27.9. The molecule has 0 saturated carbocycles. The van der Waals surface area contributed by atoms with Gasteiger partial charge in [-0.25, -0.2) is 9.97 Å². The lowest BCUT2D eigenvalue weighted by molar-refractivity contribution is 0.101. The summed E-state index contributed by atoms with van der Waals surface area (Å²) in [6, 6.07) is 25.0. The molecule has 16 nitrogen and oxygen atoms in total. The van der Waals surface area contributed by atoms with E-state index in [1.807, 2.05) is 4.90 Å². The third-order valence-corrected chi connectivity index (χ3v) is 10.7. The van der Waals surface area contributed by atoms with E-state index >= 15 is 0 Å². The number of halogens is 4. The van der Waals surface area contributed by atoms with Crippen LogP contribution in [0.25, 0.3) is 0 Å². The minimum absolute atomic E-state index is 0.0785. The zero-order valence-corrected chi connectivity index (χ0v) is 38.1. The zero-order valence-electron chi connectivity index (χ0n) is 35.1. The molecule has 3 heterocycles. The molecule has 0 atom stereocenters. The van der Waals surface area contributed by atoms with E-state index in [9.17, 15) is 19.2 Å². The molecule has 1 fully saturated rings. The Bertz CT molecular complexity index is 2790. The molecule has 1 saturated heterocycles. The van der Waals surface area contributed by atoms with Crippen molar-refractivity contribution in [1.29, 1.82) is 10.8 Å². The number of amides is 4. The number of hydrogen-bond donors (Lipinski definition) is 7. The van der Waals surface area contributed by atoms with Gasteiger partial charge in [0.15, 0.2) is 0 Å². The average Bonchev–Trinajstić information content (AvgIpc) is 3.87. The number of likely N-dealkylation sites (tertiary alicyclic amines) is 1. The van der Waals surface area contributed by atoms with Gasteiger partial charge in [-0.15, -0.1) is 0 Å². The van der Waals surface area contributed by atoms with Crippen molar-refractivity contribution in [3.8, 4) is 11.5 Å². The Hall–Kier alpha value is -7.24. The highest BCUT2D eigenvalue weighted by molar-refractivity contribution is 6.32. The van der Waals surface area contributed by atoms with Crippen LogP contribution in [-0.2, 0) is 0 Å². The highest BCUT2D eigenvalue weighted by Crippen LogP contribution is 2.35. The minimum atomic E-state index is -0.558. The predicted molar refractivity (Wildman–Crippen MR) is 258 cm³/mol. The Morgan fingerprint density at radius 1 is 0.545 bits per heavy atom. The zero-order chi connectivity index (χ0) is 47.5. The quantitative estimate of drug-likeness (QED) is 0.0453. The van der Waals surface area contributed by atoms with Gasteiger partial charge in [0.25, 0.3) is 23.6 Å². The number of aromatic nitrogens is 2. The second kappa shape index (κ2) is 22.1. The van der Waals surface area contributed by atoms with Gasteiger partial charge in [0.2, 0.25) is 0 Å². The second-order valence-corrected chi connectivity index (χ2v) is 16.0. The van der Waals surface area contributed by atoms with E-state index < -0.39 is 23.6 Å². The highest BCUT2D eigenvalue weighted by Gasteiger charge is 2.23. The fraction of sp³-hybridized carbons (Fsp3) is 0.130. The summed E-state index contributed by atoms with van der Waals surface area (Å²) in [5.41, 5.74) is 7.81. The normalized spacial score (nSPS) is 11.6. The third-order valence-electron chi connectivity index (χ3n) is 9.78. The first-order valence-electron chi connectivity index (χ1n) is 19.8. The van der Waals surface area contributed by atoms with Crippen LogP contribution in [0.3, 0.4) is 0 Å². The summed E-state index contributed by atoms with van der Waals surface area (Å²) >= 11 is 24.0. The van der Waals surface area contributed by atoms with Crippen LogP contribution in [0.4, 0.5) is 23.0 Å². The number of nitrogens with one attached hydrogen (secondary N) is 6. The number of carbonyl (C=O) groups is 4. The molecule has 4 aromatic carbocycles. The maximum atomic E-state index is 13.1. The fourth-order valence-electron chi connectivity index (χ4n) is 6.44. The van der Waals surface area contributed by atoms with Gasteiger partial charge in [-0.1, -0.05) is 70.7 Å². The van der Waals surface area contributed by atoms with Gasteiger partial charge in [-0.2, -0.15) is 0 Å². The Labute approximate surface area is 398 Å². The van der Waals surface area contributed by atoms with Crippen molar-refractivity contribution < 1.29 is 28.7 Å². The summed E-state index contributed by atoms with van der Waals surface area (Å²) in [7, 11) is 2.81. The van der Waals surface area contributed by atoms with Gasteiger partial charge < -0.3 is 41.4 Å². The van der Waals surface area contributed by atoms with Crippen molar-refractivity contribution in [3.63, 3.8) is 0 Å². The smallest absolute Gasteiger partial charge is 0.259 e. The number of pyridine rings is 2. The number of nitrogens with two attached hydrogens (primary N) is 1. The third kappa shape index (κ3) is 12.3. The molecule has 4 amide bonds.